The molecule has 5 heteroatoms. The first kappa shape index (κ1) is 53.3. The molecule has 0 unspecified atom stereocenters. The molecule has 0 aliphatic heterocycles. The third-order valence-electron chi connectivity index (χ3n) is 12.5. The molecule has 8 rings (SSSR count). The molecule has 0 atom stereocenters. The quantitative estimate of drug-likeness (QED) is 0.205. The summed E-state index contributed by atoms with van der Waals surface area (Å²) in [6, 6.07) is 73.8. The summed E-state index contributed by atoms with van der Waals surface area (Å²) in [5, 5.41) is 0. The summed E-state index contributed by atoms with van der Waals surface area (Å²) in [7, 11) is 0. The predicted molar refractivity (Wildman–Crippen MR) is 265 cm³/mol. The van der Waals surface area contributed by atoms with Crippen molar-refractivity contribution in [2.45, 2.75) is 55.4 Å². The summed E-state index contributed by atoms with van der Waals surface area (Å²) in [4.78, 5) is 0. The van der Waals surface area contributed by atoms with Crippen LogP contribution in [0.25, 0.3) is 0 Å². The molecule has 0 heterocycles. The van der Waals surface area contributed by atoms with Gasteiger partial charge in [-0.2, -0.15) is 0 Å². The number of benzene rings is 8. The molecule has 0 bridgehead atoms. The molecule has 0 saturated carbocycles. The Balaban J connectivity index is 0.000000256. The van der Waals surface area contributed by atoms with E-state index in [0.29, 0.717) is 0 Å². The molecule has 0 aromatic heterocycles. The van der Waals surface area contributed by atoms with Crippen molar-refractivity contribution in [1.29, 1.82) is 0 Å². The van der Waals surface area contributed by atoms with Gasteiger partial charge in [0.2, 0.25) is 0 Å². The zero-order chi connectivity index (χ0) is 40.9. The van der Waals surface area contributed by atoms with Gasteiger partial charge in [-0.25, -0.2) is 35.4 Å². The molecule has 0 spiro atoms. The topological polar surface area (TPSA) is 0 Å². The fourth-order valence-electron chi connectivity index (χ4n) is 9.49. The first-order valence-electron chi connectivity index (χ1n) is 20.9. The zero-order valence-corrected chi connectivity index (χ0v) is 46.2. The van der Waals surface area contributed by atoms with Crippen LogP contribution >= 0.6 is 0 Å². The fraction of sp³-hybridized carbons (Fsp3) is 0.143. The van der Waals surface area contributed by atoms with Crippen LogP contribution in [0.1, 0.15) is 44.5 Å². The molecule has 0 amide bonds. The van der Waals surface area contributed by atoms with Gasteiger partial charge >= 0.3 is 154 Å². The zero-order valence-electron chi connectivity index (χ0n) is 37.6. The van der Waals surface area contributed by atoms with Crippen LogP contribution in [0.15, 0.2) is 194 Å². The number of hydrogen-bond acceptors (Lipinski definition) is 0. The summed E-state index contributed by atoms with van der Waals surface area (Å²) < 4.78 is 11.7. The van der Waals surface area contributed by atoms with Crippen molar-refractivity contribution in [3.05, 3.63) is 239 Å². The van der Waals surface area contributed by atoms with E-state index in [4.69, 9.17) is 0 Å². The second-order valence-electron chi connectivity index (χ2n) is 17.0. The third-order valence-corrected chi connectivity index (χ3v) is 23.5. The van der Waals surface area contributed by atoms with Gasteiger partial charge in [0.05, 0.1) is 0 Å². The summed E-state index contributed by atoms with van der Waals surface area (Å²) >= 11 is -5.64. The van der Waals surface area contributed by atoms with Gasteiger partial charge in [0, 0.05) is 0 Å². The van der Waals surface area contributed by atoms with Gasteiger partial charge in [-0.3, -0.25) is 0 Å². The minimum atomic E-state index is -2.84. The number of aryl methyl sites for hydroxylation is 8. The van der Waals surface area contributed by atoms with Crippen molar-refractivity contribution in [1.82, 2.24) is 0 Å². The fourth-order valence-corrected chi connectivity index (χ4v) is 20.8. The molecular formula is C56H57Al2K3. The van der Waals surface area contributed by atoms with Crippen LogP contribution in [0, 0.1) is 55.4 Å². The van der Waals surface area contributed by atoms with Gasteiger partial charge in [-0.1, -0.05) is 142 Å². The van der Waals surface area contributed by atoms with Crippen LogP contribution in [0.5, 0.6) is 0 Å². The molecular weight excluding hydrogens is 844 g/mol. The average Bonchev–Trinajstić information content (AvgIpc) is 3.21. The predicted octanol–water partition coefficient (Wildman–Crippen LogP) is 1.95. The Hall–Kier alpha value is -0.266. The second kappa shape index (κ2) is 24.5. The van der Waals surface area contributed by atoms with Crippen molar-refractivity contribution < 1.29 is 103 Å². The molecule has 290 valence electrons. The summed E-state index contributed by atoms with van der Waals surface area (Å²) in [5.74, 6) is 0. The monoisotopic (exact) mass is 900 g/mol. The van der Waals surface area contributed by atoms with E-state index >= 15 is 0 Å². The van der Waals surface area contributed by atoms with Gasteiger partial charge in [-0.15, -0.1) is 97.1 Å². The molecule has 8 aromatic carbocycles. The Kier molecular flexibility index (Phi) is 21.4. The van der Waals surface area contributed by atoms with Gasteiger partial charge < -0.3 is 0 Å². The van der Waals surface area contributed by atoms with Crippen LogP contribution in [0.3, 0.4) is 0 Å². The normalized spacial score (nSPS) is 10.9. The van der Waals surface area contributed by atoms with Crippen LogP contribution in [-0.4, -0.2) is 77.5 Å². The van der Waals surface area contributed by atoms with Gasteiger partial charge in [0.1, 0.15) is 0 Å². The number of rotatable bonds is 8. The molecule has 0 nitrogen and oxygen atoms in total. The molecule has 61 heavy (non-hydrogen) atoms. The van der Waals surface area contributed by atoms with Crippen molar-refractivity contribution in [3.8, 4) is 0 Å². The Morgan fingerprint density at radius 1 is 0.213 bits per heavy atom. The maximum absolute atomic E-state index is 2.84. The van der Waals surface area contributed by atoms with Crippen LogP contribution in [0.2, 0.25) is 0 Å². The molecule has 0 aliphatic rings. The van der Waals surface area contributed by atoms with Gasteiger partial charge in [0.25, 0.3) is 26.2 Å². The van der Waals surface area contributed by atoms with E-state index in [1.54, 1.807) is 0 Å². The SMILES string of the molecule is Cc1cc[c]([Al-]([c]2ccc(C)cc2)([c]2ccc(C)cc2)[c]2ccc(C)cc2)cc1.Cc1ccc[c]([Al-]([c]2cccc(C)c2)([c]2cccc(C)c2)[c]2cccc(C)c2)c1.[K+].[K+].[KH]. The first-order valence-corrected chi connectivity index (χ1v) is 25.5. The van der Waals surface area contributed by atoms with E-state index < -0.39 is 26.2 Å². The summed E-state index contributed by atoms with van der Waals surface area (Å²) in [6.45, 7) is 17.5. The van der Waals surface area contributed by atoms with Gasteiger partial charge in [0.15, 0.2) is 0 Å². The van der Waals surface area contributed by atoms with Crippen molar-refractivity contribution in [2.24, 2.45) is 0 Å². The third kappa shape index (κ3) is 12.2. The van der Waals surface area contributed by atoms with Crippen molar-refractivity contribution in [2.75, 3.05) is 0 Å². The van der Waals surface area contributed by atoms with E-state index in [2.05, 4.69) is 250 Å². The van der Waals surface area contributed by atoms with Crippen LogP contribution < -0.4 is 138 Å². The number of hydrogen-bond donors (Lipinski definition) is 0. The van der Waals surface area contributed by atoms with Crippen molar-refractivity contribution in [3.63, 3.8) is 0 Å². The van der Waals surface area contributed by atoms with Crippen LogP contribution in [0.4, 0.5) is 0 Å². The van der Waals surface area contributed by atoms with Crippen molar-refractivity contribution >= 4 is 113 Å². The molecule has 8 aromatic rings. The molecule has 0 radical (unpaired) electrons. The molecule has 0 saturated heterocycles. The Labute approximate surface area is 500 Å². The molecule has 0 N–H and O–H groups in total. The summed E-state index contributed by atoms with van der Waals surface area (Å²) in [6.07, 6.45) is 0. The Morgan fingerprint density at radius 3 is 0.574 bits per heavy atom. The first-order chi connectivity index (χ1) is 28.0. The van der Waals surface area contributed by atoms with E-state index in [0.717, 1.165) is 0 Å². The Bertz CT molecular complexity index is 2260. The van der Waals surface area contributed by atoms with Crippen LogP contribution in [-0.2, 0) is 0 Å². The van der Waals surface area contributed by atoms with E-state index in [1.807, 2.05) is 0 Å². The van der Waals surface area contributed by atoms with E-state index in [9.17, 15) is 0 Å². The van der Waals surface area contributed by atoms with Gasteiger partial charge in [-0.05, 0) is 55.4 Å². The Morgan fingerprint density at radius 2 is 0.393 bits per heavy atom. The maximum atomic E-state index is 2.41. The molecule has 0 aliphatic carbocycles. The molecule has 0 fully saturated rings. The summed E-state index contributed by atoms with van der Waals surface area (Å²) in [5.41, 5.74) is 10.5. The average molecular weight is 901 g/mol. The standard InChI is InChI=1S/8C7H7.2Al.3K.H/c8*1-7-5-3-2-4-6-7;;;;;;/h4*3-6H,1H3;4*2-3,5-6H,1H3;;;;;;/q;;;;;;;;2*-1;;2*+1;. The minimum absolute atomic E-state index is 0. The van der Waals surface area contributed by atoms with E-state index in [-0.39, 0.29) is 154 Å². The second-order valence-corrected chi connectivity index (χ2v) is 25.8. The van der Waals surface area contributed by atoms with E-state index in [1.165, 1.54) is 79.9 Å².